The Morgan fingerprint density at radius 3 is 2.29 bits per heavy atom. The van der Waals surface area contributed by atoms with E-state index in [1.165, 1.54) is 62.5 Å². The van der Waals surface area contributed by atoms with Gasteiger partial charge in [-0.05, 0) is 112 Å². The SMILES string of the molecule is C=C(C)[C@@H]1CC[C@@H]2[C@H](CC[C@]3(C)[C@@H]([C@H](C)CC[C@@](C)(CC)C(=C)C)CC[C@@]23C)[C@@]12CCC(=O)O2. The van der Waals surface area contributed by atoms with Gasteiger partial charge in [0.2, 0.25) is 0 Å². The molecule has 0 amide bonds. The maximum absolute atomic E-state index is 12.4. The third-order valence-corrected chi connectivity index (χ3v) is 12.6. The van der Waals surface area contributed by atoms with Gasteiger partial charge in [0, 0.05) is 18.3 Å². The van der Waals surface area contributed by atoms with Gasteiger partial charge in [-0.15, -0.1) is 0 Å². The number of fused-ring (bicyclic) bond motifs is 4. The molecule has 2 nitrogen and oxygen atoms in total. The summed E-state index contributed by atoms with van der Waals surface area (Å²) in [4.78, 5) is 12.4. The summed E-state index contributed by atoms with van der Waals surface area (Å²) < 4.78 is 6.34. The molecule has 34 heavy (non-hydrogen) atoms. The van der Waals surface area contributed by atoms with Gasteiger partial charge in [0.05, 0.1) is 0 Å². The Morgan fingerprint density at radius 1 is 1.06 bits per heavy atom. The molecule has 1 aliphatic heterocycles. The van der Waals surface area contributed by atoms with Crippen LogP contribution in [0.3, 0.4) is 0 Å². The van der Waals surface area contributed by atoms with Crippen molar-refractivity contribution in [2.75, 3.05) is 0 Å². The standard InChI is InChI=1S/C32H52O2/c1-10-29(7,22(4)5)17-13-23(6)25-14-18-31(9)26-12-11-24(21(2)3)32(20-16-28(33)34-32)27(26)15-19-30(25,31)8/h23-27H,2,4,10-20H2,1,3,5-9H3/t23-,24+,25-,26-,27+,29-,30-,31+,32-/m1/s1. The minimum absolute atomic E-state index is 0.0276. The molecule has 0 aromatic rings. The molecule has 0 aromatic carbocycles. The normalized spacial score (nSPS) is 44.1. The highest BCUT2D eigenvalue weighted by Crippen LogP contribution is 2.72. The number of ether oxygens (including phenoxy) is 1. The van der Waals surface area contributed by atoms with E-state index < -0.39 is 0 Å². The van der Waals surface area contributed by atoms with E-state index >= 15 is 0 Å². The summed E-state index contributed by atoms with van der Waals surface area (Å²) in [5.41, 5.74) is 3.30. The van der Waals surface area contributed by atoms with Crippen molar-refractivity contribution in [3.8, 4) is 0 Å². The van der Waals surface area contributed by atoms with Crippen LogP contribution in [0.25, 0.3) is 0 Å². The smallest absolute Gasteiger partial charge is 0.306 e. The summed E-state index contributed by atoms with van der Waals surface area (Å²) in [6.07, 6.45) is 12.9. The monoisotopic (exact) mass is 468 g/mol. The zero-order valence-electron chi connectivity index (χ0n) is 23.4. The lowest BCUT2D eigenvalue weighted by molar-refractivity contribution is -0.196. The van der Waals surface area contributed by atoms with E-state index in [0.717, 1.165) is 24.7 Å². The quantitative estimate of drug-likeness (QED) is 0.275. The van der Waals surface area contributed by atoms with Crippen LogP contribution in [0, 0.1) is 45.8 Å². The van der Waals surface area contributed by atoms with Crippen LogP contribution in [0.2, 0.25) is 0 Å². The van der Waals surface area contributed by atoms with Gasteiger partial charge in [0.1, 0.15) is 5.60 Å². The van der Waals surface area contributed by atoms with E-state index in [2.05, 4.69) is 61.6 Å². The minimum atomic E-state index is -0.274. The van der Waals surface area contributed by atoms with Crippen molar-refractivity contribution < 1.29 is 9.53 Å². The number of carbonyl (C=O) groups is 1. The largest absolute Gasteiger partial charge is 0.458 e. The molecule has 2 heteroatoms. The summed E-state index contributed by atoms with van der Waals surface area (Å²) in [5.74, 6) is 3.09. The second-order valence-electron chi connectivity index (χ2n) is 13.8. The van der Waals surface area contributed by atoms with E-state index in [9.17, 15) is 4.79 Å². The van der Waals surface area contributed by atoms with Crippen molar-refractivity contribution in [1.82, 2.24) is 0 Å². The van der Waals surface area contributed by atoms with E-state index in [1.54, 1.807) is 0 Å². The lowest BCUT2D eigenvalue weighted by atomic mass is 9.43. The number of carbonyl (C=O) groups excluding carboxylic acids is 1. The molecule has 0 N–H and O–H groups in total. The molecule has 1 saturated heterocycles. The van der Waals surface area contributed by atoms with Crippen molar-refractivity contribution in [1.29, 1.82) is 0 Å². The van der Waals surface area contributed by atoms with E-state index in [1.807, 2.05) is 0 Å². The van der Waals surface area contributed by atoms with Crippen molar-refractivity contribution in [3.63, 3.8) is 0 Å². The Kier molecular flexibility index (Phi) is 6.74. The lowest BCUT2D eigenvalue weighted by Gasteiger charge is -2.63. The number of hydrogen-bond acceptors (Lipinski definition) is 2. The second-order valence-corrected chi connectivity index (χ2v) is 13.8. The fourth-order valence-corrected chi connectivity index (χ4v) is 9.75. The predicted molar refractivity (Wildman–Crippen MR) is 142 cm³/mol. The Balaban J connectivity index is 1.58. The van der Waals surface area contributed by atoms with Gasteiger partial charge in [-0.25, -0.2) is 0 Å². The lowest BCUT2D eigenvalue weighted by Crippen LogP contribution is -2.60. The van der Waals surface area contributed by atoms with Crippen LogP contribution >= 0.6 is 0 Å². The van der Waals surface area contributed by atoms with Gasteiger partial charge in [-0.3, -0.25) is 4.79 Å². The van der Waals surface area contributed by atoms with Gasteiger partial charge in [0.25, 0.3) is 0 Å². The molecule has 3 saturated carbocycles. The van der Waals surface area contributed by atoms with Crippen molar-refractivity contribution in [3.05, 3.63) is 24.3 Å². The fraction of sp³-hybridized carbons (Fsp3) is 0.844. The van der Waals surface area contributed by atoms with Gasteiger partial charge in [0.15, 0.2) is 0 Å². The Hall–Kier alpha value is -1.05. The van der Waals surface area contributed by atoms with Crippen LogP contribution < -0.4 is 0 Å². The third-order valence-electron chi connectivity index (χ3n) is 12.6. The van der Waals surface area contributed by atoms with Crippen LogP contribution in [-0.2, 0) is 9.53 Å². The zero-order chi connectivity index (χ0) is 25.1. The summed E-state index contributed by atoms with van der Waals surface area (Å²) in [5, 5.41) is 0. The Morgan fingerprint density at radius 2 is 1.74 bits per heavy atom. The maximum Gasteiger partial charge on any atom is 0.306 e. The van der Waals surface area contributed by atoms with Crippen LogP contribution in [0.5, 0.6) is 0 Å². The minimum Gasteiger partial charge on any atom is -0.458 e. The molecule has 3 aliphatic carbocycles. The summed E-state index contributed by atoms with van der Waals surface area (Å²) in [6.45, 7) is 25.6. The number of allylic oxidation sites excluding steroid dienone is 1. The fourth-order valence-electron chi connectivity index (χ4n) is 9.75. The molecule has 192 valence electrons. The summed E-state index contributed by atoms with van der Waals surface area (Å²) in [6, 6.07) is 0. The van der Waals surface area contributed by atoms with E-state index in [0.29, 0.717) is 35.0 Å². The van der Waals surface area contributed by atoms with Crippen molar-refractivity contribution in [2.24, 2.45) is 45.8 Å². The molecule has 4 aliphatic rings. The first-order chi connectivity index (χ1) is 15.8. The molecular formula is C32H52O2. The average Bonchev–Trinajstić information content (AvgIpc) is 3.29. The Bertz CT molecular complexity index is 842. The zero-order valence-corrected chi connectivity index (χ0v) is 23.4. The highest BCUT2D eigenvalue weighted by atomic mass is 16.6. The molecule has 0 unspecified atom stereocenters. The predicted octanol–water partition coefficient (Wildman–Crippen LogP) is 8.91. The van der Waals surface area contributed by atoms with Crippen molar-refractivity contribution >= 4 is 5.97 Å². The first kappa shape index (κ1) is 26.0. The average molecular weight is 469 g/mol. The van der Waals surface area contributed by atoms with Crippen LogP contribution in [0.15, 0.2) is 24.3 Å². The topological polar surface area (TPSA) is 26.3 Å². The summed E-state index contributed by atoms with van der Waals surface area (Å²) >= 11 is 0. The molecule has 1 spiro atoms. The molecule has 0 bridgehead atoms. The Labute approximate surface area is 210 Å². The molecule has 0 radical (unpaired) electrons. The molecule has 9 atom stereocenters. The van der Waals surface area contributed by atoms with Gasteiger partial charge in [-0.2, -0.15) is 0 Å². The molecular weight excluding hydrogens is 416 g/mol. The van der Waals surface area contributed by atoms with Gasteiger partial charge in [-0.1, -0.05) is 58.9 Å². The maximum atomic E-state index is 12.4. The van der Waals surface area contributed by atoms with E-state index in [4.69, 9.17) is 4.74 Å². The first-order valence-electron chi connectivity index (χ1n) is 14.4. The molecule has 0 aromatic heterocycles. The van der Waals surface area contributed by atoms with Crippen molar-refractivity contribution in [2.45, 2.75) is 125 Å². The number of hydrogen-bond donors (Lipinski definition) is 0. The molecule has 4 rings (SSSR count). The van der Waals surface area contributed by atoms with Gasteiger partial charge >= 0.3 is 5.97 Å². The van der Waals surface area contributed by atoms with Crippen LogP contribution in [-0.4, -0.2) is 11.6 Å². The number of esters is 1. The van der Waals surface area contributed by atoms with E-state index in [-0.39, 0.29) is 17.0 Å². The third kappa shape index (κ3) is 3.67. The van der Waals surface area contributed by atoms with Crippen LogP contribution in [0.4, 0.5) is 0 Å². The highest BCUT2D eigenvalue weighted by molar-refractivity contribution is 5.72. The second kappa shape index (κ2) is 8.81. The van der Waals surface area contributed by atoms with Gasteiger partial charge < -0.3 is 4.74 Å². The van der Waals surface area contributed by atoms with Crippen LogP contribution in [0.1, 0.15) is 119 Å². The molecule has 4 fully saturated rings. The number of rotatable bonds is 7. The summed E-state index contributed by atoms with van der Waals surface area (Å²) in [7, 11) is 0. The highest BCUT2D eigenvalue weighted by Gasteiger charge is 2.68. The molecule has 1 heterocycles. The first-order valence-corrected chi connectivity index (χ1v) is 14.4.